The van der Waals surface area contributed by atoms with E-state index in [0.29, 0.717) is 11.6 Å². The van der Waals surface area contributed by atoms with Crippen LogP contribution in [0.1, 0.15) is 19.4 Å². The molecule has 0 fully saturated rings. The first-order valence-corrected chi connectivity index (χ1v) is 8.57. The zero-order valence-electron chi connectivity index (χ0n) is 14.6. The molecule has 0 saturated carbocycles. The Kier molecular flexibility index (Phi) is 4.16. The lowest BCUT2D eigenvalue weighted by atomic mass is 10.1. The van der Waals surface area contributed by atoms with Crippen LogP contribution in [-0.2, 0) is 11.2 Å². The summed E-state index contributed by atoms with van der Waals surface area (Å²) in [6, 6.07) is 15.4. The molecule has 6 nitrogen and oxygen atoms in total. The van der Waals surface area contributed by atoms with Gasteiger partial charge in [0, 0.05) is 17.3 Å². The van der Waals surface area contributed by atoms with Crippen molar-refractivity contribution in [3.05, 3.63) is 60.5 Å². The molecular formula is C20H19N3O3. The number of benzene rings is 2. The molecule has 26 heavy (non-hydrogen) atoms. The van der Waals surface area contributed by atoms with E-state index in [4.69, 9.17) is 9.15 Å². The lowest BCUT2D eigenvalue weighted by Gasteiger charge is -2.26. The minimum absolute atomic E-state index is 0.0385. The summed E-state index contributed by atoms with van der Waals surface area (Å²) < 4.78 is 11.0. The standard InChI is InChI=1S/C20H19N3O3/c1-13-11-16-5-3-4-6-18(16)23(13)20(24)14(2)26-17-9-7-15(8-10-17)19-22-21-12-25-19/h3-10,12-14H,11H2,1-2H3/t13-,14-/m1/s1. The summed E-state index contributed by atoms with van der Waals surface area (Å²) >= 11 is 0. The zero-order chi connectivity index (χ0) is 18.1. The minimum atomic E-state index is -0.585. The average Bonchev–Trinajstić information content (AvgIpc) is 3.29. The third-order valence-corrected chi connectivity index (χ3v) is 4.57. The Balaban J connectivity index is 1.48. The number of ether oxygens (including phenoxy) is 1. The first kappa shape index (κ1) is 16.3. The fraction of sp³-hybridized carbons (Fsp3) is 0.250. The van der Waals surface area contributed by atoms with E-state index in [9.17, 15) is 4.79 Å². The van der Waals surface area contributed by atoms with E-state index < -0.39 is 6.10 Å². The van der Waals surface area contributed by atoms with Crippen LogP contribution in [0.25, 0.3) is 11.5 Å². The molecule has 0 N–H and O–H groups in total. The van der Waals surface area contributed by atoms with Gasteiger partial charge in [0.2, 0.25) is 12.3 Å². The highest BCUT2D eigenvalue weighted by Gasteiger charge is 2.33. The summed E-state index contributed by atoms with van der Waals surface area (Å²) in [5.41, 5.74) is 2.98. The Bertz CT molecular complexity index is 906. The van der Waals surface area contributed by atoms with Crippen molar-refractivity contribution in [1.29, 1.82) is 0 Å². The van der Waals surface area contributed by atoms with E-state index >= 15 is 0 Å². The number of rotatable bonds is 4. The van der Waals surface area contributed by atoms with Crippen LogP contribution < -0.4 is 9.64 Å². The third kappa shape index (κ3) is 2.94. The molecule has 132 valence electrons. The number of amides is 1. The number of anilines is 1. The number of aromatic nitrogens is 2. The summed E-state index contributed by atoms with van der Waals surface area (Å²) in [5.74, 6) is 1.03. The smallest absolute Gasteiger partial charge is 0.268 e. The van der Waals surface area contributed by atoms with Gasteiger partial charge < -0.3 is 14.1 Å². The monoisotopic (exact) mass is 349 g/mol. The van der Waals surface area contributed by atoms with Gasteiger partial charge >= 0.3 is 0 Å². The van der Waals surface area contributed by atoms with E-state index in [-0.39, 0.29) is 11.9 Å². The molecule has 0 bridgehead atoms. The van der Waals surface area contributed by atoms with Gasteiger partial charge in [0.05, 0.1) is 0 Å². The Morgan fingerprint density at radius 2 is 2.00 bits per heavy atom. The predicted octanol–water partition coefficient (Wildman–Crippen LogP) is 3.48. The van der Waals surface area contributed by atoms with Crippen LogP contribution in [0.3, 0.4) is 0 Å². The molecule has 1 aliphatic heterocycles. The molecule has 2 heterocycles. The molecular weight excluding hydrogens is 330 g/mol. The van der Waals surface area contributed by atoms with Gasteiger partial charge in [0.25, 0.3) is 5.91 Å². The molecule has 0 saturated heterocycles. The van der Waals surface area contributed by atoms with Crippen molar-refractivity contribution in [2.75, 3.05) is 4.90 Å². The maximum absolute atomic E-state index is 12.9. The largest absolute Gasteiger partial charge is 0.481 e. The fourth-order valence-electron chi connectivity index (χ4n) is 3.33. The molecule has 2 aromatic carbocycles. The van der Waals surface area contributed by atoms with Crippen molar-refractivity contribution in [3.8, 4) is 17.2 Å². The number of hydrogen-bond acceptors (Lipinski definition) is 5. The van der Waals surface area contributed by atoms with Gasteiger partial charge in [0.15, 0.2) is 6.10 Å². The van der Waals surface area contributed by atoms with Gasteiger partial charge in [-0.2, -0.15) is 0 Å². The Morgan fingerprint density at radius 1 is 1.23 bits per heavy atom. The van der Waals surface area contributed by atoms with Gasteiger partial charge in [-0.1, -0.05) is 18.2 Å². The van der Waals surface area contributed by atoms with E-state index in [1.165, 1.54) is 12.0 Å². The van der Waals surface area contributed by atoms with Crippen LogP contribution >= 0.6 is 0 Å². The molecule has 0 unspecified atom stereocenters. The average molecular weight is 349 g/mol. The quantitative estimate of drug-likeness (QED) is 0.721. The highest BCUT2D eigenvalue weighted by atomic mass is 16.5. The maximum Gasteiger partial charge on any atom is 0.268 e. The number of carbonyl (C=O) groups excluding carboxylic acids is 1. The molecule has 0 radical (unpaired) electrons. The highest BCUT2D eigenvalue weighted by Crippen LogP contribution is 2.32. The van der Waals surface area contributed by atoms with Crippen molar-refractivity contribution in [2.24, 2.45) is 0 Å². The van der Waals surface area contributed by atoms with Gasteiger partial charge in [-0.3, -0.25) is 4.79 Å². The lowest BCUT2D eigenvalue weighted by Crippen LogP contribution is -2.43. The normalized spacial score (nSPS) is 17.0. The topological polar surface area (TPSA) is 68.5 Å². The summed E-state index contributed by atoms with van der Waals surface area (Å²) in [6.45, 7) is 3.84. The van der Waals surface area contributed by atoms with Gasteiger partial charge in [0.1, 0.15) is 5.75 Å². The number of fused-ring (bicyclic) bond motifs is 1. The van der Waals surface area contributed by atoms with E-state index in [1.807, 2.05) is 35.2 Å². The Labute approximate surface area is 151 Å². The van der Waals surface area contributed by atoms with Crippen LogP contribution in [0.2, 0.25) is 0 Å². The van der Waals surface area contributed by atoms with Gasteiger partial charge in [-0.25, -0.2) is 0 Å². The molecule has 1 amide bonds. The molecule has 1 aliphatic rings. The summed E-state index contributed by atoms with van der Waals surface area (Å²) in [5, 5.41) is 7.53. The molecule has 3 aromatic rings. The first-order valence-electron chi connectivity index (χ1n) is 8.57. The van der Waals surface area contributed by atoms with E-state index in [0.717, 1.165) is 17.7 Å². The van der Waals surface area contributed by atoms with Crippen LogP contribution in [0.5, 0.6) is 5.75 Å². The minimum Gasteiger partial charge on any atom is -0.481 e. The first-order chi connectivity index (χ1) is 12.6. The molecule has 6 heteroatoms. The fourth-order valence-corrected chi connectivity index (χ4v) is 3.33. The van der Waals surface area contributed by atoms with Gasteiger partial charge in [-0.15, -0.1) is 10.2 Å². The summed E-state index contributed by atoms with van der Waals surface area (Å²) in [7, 11) is 0. The van der Waals surface area contributed by atoms with Crippen molar-refractivity contribution < 1.29 is 13.9 Å². The number of nitrogens with zero attached hydrogens (tertiary/aromatic N) is 3. The van der Waals surface area contributed by atoms with Crippen molar-refractivity contribution in [2.45, 2.75) is 32.4 Å². The van der Waals surface area contributed by atoms with Crippen molar-refractivity contribution in [1.82, 2.24) is 10.2 Å². The second-order valence-corrected chi connectivity index (χ2v) is 6.42. The number of carbonyl (C=O) groups is 1. The van der Waals surface area contributed by atoms with Crippen molar-refractivity contribution in [3.63, 3.8) is 0 Å². The molecule has 0 aliphatic carbocycles. The van der Waals surface area contributed by atoms with E-state index in [2.05, 4.69) is 23.2 Å². The zero-order valence-corrected chi connectivity index (χ0v) is 14.6. The van der Waals surface area contributed by atoms with Gasteiger partial charge in [-0.05, 0) is 56.2 Å². The molecule has 4 rings (SSSR count). The van der Waals surface area contributed by atoms with E-state index in [1.54, 1.807) is 19.1 Å². The predicted molar refractivity (Wildman–Crippen MR) is 96.9 cm³/mol. The number of para-hydroxylation sites is 1. The Hall–Kier alpha value is -3.15. The third-order valence-electron chi connectivity index (χ3n) is 4.57. The van der Waals surface area contributed by atoms with Crippen molar-refractivity contribution >= 4 is 11.6 Å². The van der Waals surface area contributed by atoms with Crippen LogP contribution in [0.4, 0.5) is 5.69 Å². The second-order valence-electron chi connectivity index (χ2n) is 6.42. The molecule has 2 atom stereocenters. The Morgan fingerprint density at radius 3 is 2.73 bits per heavy atom. The van der Waals surface area contributed by atoms with Crippen LogP contribution in [0, 0.1) is 0 Å². The number of hydrogen-bond donors (Lipinski definition) is 0. The SMILES string of the molecule is C[C@@H]1Cc2ccccc2N1C(=O)[C@@H](C)Oc1ccc(-c2nnco2)cc1. The van der Waals surface area contributed by atoms with Crippen LogP contribution in [-0.4, -0.2) is 28.3 Å². The second kappa shape index (κ2) is 6.63. The summed E-state index contributed by atoms with van der Waals surface area (Å²) in [4.78, 5) is 14.8. The molecule has 0 spiro atoms. The summed E-state index contributed by atoms with van der Waals surface area (Å²) in [6.07, 6.45) is 1.57. The maximum atomic E-state index is 12.9. The van der Waals surface area contributed by atoms with Crippen LogP contribution in [0.15, 0.2) is 59.3 Å². The highest BCUT2D eigenvalue weighted by molar-refractivity contribution is 5.99. The lowest BCUT2D eigenvalue weighted by molar-refractivity contribution is -0.124. The molecule has 1 aromatic heterocycles.